The van der Waals surface area contributed by atoms with Crippen molar-refractivity contribution in [2.75, 3.05) is 13.1 Å². The molecule has 0 radical (unpaired) electrons. The van der Waals surface area contributed by atoms with Gasteiger partial charge in [0.25, 0.3) is 5.91 Å². The summed E-state index contributed by atoms with van der Waals surface area (Å²) in [6, 6.07) is 8.14. The standard InChI is InChI=1S/C20H25N3O2S.ClH/c1-12-17(13(2)25-22-12)11-26-19-6-4-3-5-15(19)20(24)23-9-14-7-8-18(21)16(14)10-23;/h3-6,14,16,18H,7-11,21H2,1-2H3;1H. The van der Waals surface area contributed by atoms with Gasteiger partial charge in [-0.05, 0) is 50.7 Å². The number of thioether (sulfide) groups is 1. The van der Waals surface area contributed by atoms with Crippen molar-refractivity contribution in [1.82, 2.24) is 10.1 Å². The molecule has 1 amide bonds. The molecule has 2 heterocycles. The molecule has 1 saturated carbocycles. The van der Waals surface area contributed by atoms with Crippen LogP contribution in [0.3, 0.4) is 0 Å². The third kappa shape index (κ3) is 3.89. The Hall–Kier alpha value is -1.50. The van der Waals surface area contributed by atoms with Crippen LogP contribution in [-0.2, 0) is 5.75 Å². The molecule has 1 aliphatic carbocycles. The van der Waals surface area contributed by atoms with E-state index in [0.29, 0.717) is 11.8 Å². The van der Waals surface area contributed by atoms with Crippen LogP contribution in [0, 0.1) is 25.7 Å². The first kappa shape index (κ1) is 20.2. The number of hydrogen-bond donors (Lipinski definition) is 1. The zero-order chi connectivity index (χ0) is 18.3. The molecular weight excluding hydrogens is 382 g/mol. The summed E-state index contributed by atoms with van der Waals surface area (Å²) in [5, 5.41) is 4.01. The number of fused-ring (bicyclic) bond motifs is 1. The fraction of sp³-hybridized carbons (Fsp3) is 0.500. The average Bonchev–Trinajstić information content (AvgIpc) is 3.30. The minimum absolute atomic E-state index is 0. The van der Waals surface area contributed by atoms with Crippen molar-refractivity contribution in [1.29, 1.82) is 0 Å². The van der Waals surface area contributed by atoms with Crippen LogP contribution in [0.5, 0.6) is 0 Å². The highest BCUT2D eigenvalue weighted by atomic mass is 35.5. The van der Waals surface area contributed by atoms with Gasteiger partial charge in [0.1, 0.15) is 5.76 Å². The van der Waals surface area contributed by atoms with Crippen LogP contribution in [0.4, 0.5) is 0 Å². The first-order valence-electron chi connectivity index (χ1n) is 9.23. The van der Waals surface area contributed by atoms with Crippen molar-refractivity contribution in [2.45, 2.75) is 43.4 Å². The lowest BCUT2D eigenvalue weighted by atomic mass is 9.98. The molecule has 27 heavy (non-hydrogen) atoms. The second-order valence-electron chi connectivity index (χ2n) is 7.46. The number of rotatable bonds is 4. The van der Waals surface area contributed by atoms with Crippen LogP contribution in [0.1, 0.15) is 40.2 Å². The highest BCUT2D eigenvalue weighted by Gasteiger charge is 2.42. The van der Waals surface area contributed by atoms with E-state index in [0.717, 1.165) is 59.2 Å². The van der Waals surface area contributed by atoms with Gasteiger partial charge in [0.05, 0.1) is 11.3 Å². The third-order valence-corrected chi connectivity index (χ3v) is 6.97. The second-order valence-corrected chi connectivity index (χ2v) is 8.48. The number of aryl methyl sites for hydroxylation is 2. The predicted molar refractivity (Wildman–Crippen MR) is 109 cm³/mol. The van der Waals surface area contributed by atoms with Crippen molar-refractivity contribution in [3.8, 4) is 0 Å². The Balaban J connectivity index is 0.00000210. The lowest BCUT2D eigenvalue weighted by molar-refractivity contribution is 0.0776. The number of likely N-dealkylation sites (tertiary alicyclic amines) is 1. The Kier molecular flexibility index (Phi) is 6.18. The molecule has 2 aliphatic rings. The zero-order valence-electron chi connectivity index (χ0n) is 15.7. The summed E-state index contributed by atoms with van der Waals surface area (Å²) in [6.07, 6.45) is 2.25. The summed E-state index contributed by atoms with van der Waals surface area (Å²) in [5.41, 5.74) is 9.04. The van der Waals surface area contributed by atoms with Gasteiger partial charge in [-0.25, -0.2) is 0 Å². The topological polar surface area (TPSA) is 72.4 Å². The molecule has 146 valence electrons. The molecule has 1 aromatic carbocycles. The van der Waals surface area contributed by atoms with Crippen molar-refractivity contribution in [3.63, 3.8) is 0 Å². The number of halogens is 1. The number of benzene rings is 1. The second kappa shape index (κ2) is 8.25. The normalized spacial score (nSPS) is 24.0. The van der Waals surface area contributed by atoms with E-state index in [-0.39, 0.29) is 24.4 Å². The predicted octanol–water partition coefficient (Wildman–Crippen LogP) is 3.81. The monoisotopic (exact) mass is 407 g/mol. The Morgan fingerprint density at radius 3 is 2.78 bits per heavy atom. The number of aromatic nitrogens is 1. The number of hydrogen-bond acceptors (Lipinski definition) is 5. The molecule has 1 aromatic heterocycles. The van der Waals surface area contributed by atoms with Crippen LogP contribution in [0.15, 0.2) is 33.7 Å². The lowest BCUT2D eigenvalue weighted by Gasteiger charge is -2.20. The SMILES string of the molecule is Cc1noc(C)c1CSc1ccccc1C(=O)N1CC2CCC(N)C2C1.Cl. The van der Waals surface area contributed by atoms with Crippen molar-refractivity contribution >= 4 is 30.1 Å². The molecule has 1 saturated heterocycles. The van der Waals surface area contributed by atoms with Crippen molar-refractivity contribution in [2.24, 2.45) is 17.6 Å². The van der Waals surface area contributed by atoms with Crippen molar-refractivity contribution in [3.05, 3.63) is 46.8 Å². The largest absolute Gasteiger partial charge is 0.361 e. The number of carbonyl (C=O) groups excluding carboxylic acids is 1. The van der Waals surface area contributed by atoms with E-state index in [1.54, 1.807) is 11.8 Å². The lowest BCUT2D eigenvalue weighted by Crippen LogP contribution is -2.33. The highest BCUT2D eigenvalue weighted by Crippen LogP contribution is 2.38. The summed E-state index contributed by atoms with van der Waals surface area (Å²) < 4.78 is 5.24. The fourth-order valence-corrected chi connectivity index (χ4v) is 5.47. The molecule has 3 atom stereocenters. The van der Waals surface area contributed by atoms with Gasteiger partial charge >= 0.3 is 0 Å². The molecule has 2 fully saturated rings. The molecule has 0 spiro atoms. The minimum atomic E-state index is 0. The van der Waals surface area contributed by atoms with Gasteiger partial charge in [0.15, 0.2) is 0 Å². The van der Waals surface area contributed by atoms with E-state index in [2.05, 4.69) is 5.16 Å². The first-order valence-corrected chi connectivity index (χ1v) is 10.2. The maximum Gasteiger partial charge on any atom is 0.255 e. The summed E-state index contributed by atoms with van der Waals surface area (Å²) in [4.78, 5) is 16.2. The van der Waals surface area contributed by atoms with E-state index in [4.69, 9.17) is 10.3 Å². The van der Waals surface area contributed by atoms with Gasteiger partial charge in [-0.2, -0.15) is 0 Å². The van der Waals surface area contributed by atoms with E-state index >= 15 is 0 Å². The molecule has 2 N–H and O–H groups in total. The van der Waals surface area contributed by atoms with Gasteiger partial charge in [-0.3, -0.25) is 4.79 Å². The molecule has 2 aromatic rings. The molecule has 1 aliphatic heterocycles. The van der Waals surface area contributed by atoms with Crippen LogP contribution in [-0.4, -0.2) is 35.1 Å². The minimum Gasteiger partial charge on any atom is -0.361 e. The average molecular weight is 408 g/mol. The summed E-state index contributed by atoms with van der Waals surface area (Å²) in [7, 11) is 0. The maximum atomic E-state index is 13.1. The van der Waals surface area contributed by atoms with E-state index < -0.39 is 0 Å². The van der Waals surface area contributed by atoms with Crippen LogP contribution >= 0.6 is 24.2 Å². The van der Waals surface area contributed by atoms with E-state index in [1.165, 1.54) is 0 Å². The Labute approximate surface area is 170 Å². The molecule has 0 bridgehead atoms. The fourth-order valence-electron chi connectivity index (χ4n) is 4.27. The number of nitrogens with zero attached hydrogens (tertiary/aromatic N) is 2. The number of carbonyl (C=O) groups is 1. The molecule has 5 nitrogen and oxygen atoms in total. The van der Waals surface area contributed by atoms with Gasteiger partial charge < -0.3 is 15.2 Å². The van der Waals surface area contributed by atoms with Crippen LogP contribution in [0.2, 0.25) is 0 Å². The van der Waals surface area contributed by atoms with E-state index in [1.807, 2.05) is 43.0 Å². The highest BCUT2D eigenvalue weighted by molar-refractivity contribution is 7.98. The smallest absolute Gasteiger partial charge is 0.255 e. The Bertz CT molecular complexity index is 806. The van der Waals surface area contributed by atoms with Gasteiger partial charge in [0.2, 0.25) is 0 Å². The van der Waals surface area contributed by atoms with Crippen LogP contribution in [0.25, 0.3) is 0 Å². The first-order chi connectivity index (χ1) is 12.5. The summed E-state index contributed by atoms with van der Waals surface area (Å²) in [6.45, 7) is 5.53. The molecule has 3 unspecified atom stereocenters. The third-order valence-electron chi connectivity index (χ3n) is 5.87. The number of nitrogens with two attached hydrogens (primary N) is 1. The van der Waals surface area contributed by atoms with E-state index in [9.17, 15) is 4.79 Å². The Morgan fingerprint density at radius 2 is 2.07 bits per heavy atom. The van der Waals surface area contributed by atoms with Crippen molar-refractivity contribution < 1.29 is 9.32 Å². The summed E-state index contributed by atoms with van der Waals surface area (Å²) >= 11 is 1.67. The summed E-state index contributed by atoms with van der Waals surface area (Å²) in [5.74, 6) is 2.78. The zero-order valence-corrected chi connectivity index (χ0v) is 17.3. The van der Waals surface area contributed by atoms with Gasteiger partial charge in [0, 0.05) is 35.3 Å². The van der Waals surface area contributed by atoms with Crippen LogP contribution < -0.4 is 5.73 Å². The molecular formula is C20H26ClN3O2S. The Morgan fingerprint density at radius 1 is 1.30 bits per heavy atom. The number of amides is 1. The van der Waals surface area contributed by atoms with Gasteiger partial charge in [-0.15, -0.1) is 24.2 Å². The van der Waals surface area contributed by atoms with Gasteiger partial charge in [-0.1, -0.05) is 17.3 Å². The molecule has 7 heteroatoms. The quantitative estimate of drug-likeness (QED) is 0.780. The maximum absolute atomic E-state index is 13.1. The molecule has 4 rings (SSSR count).